The van der Waals surface area contributed by atoms with Crippen LogP contribution in [0, 0.1) is 0 Å². The number of unbranched alkanes of at least 4 members (excludes halogenated alkanes) is 1. The molecule has 2 amide bonds. The molecule has 29 heavy (non-hydrogen) atoms. The molecule has 0 aliphatic carbocycles. The normalized spacial score (nSPS) is 10.1. The van der Waals surface area contributed by atoms with Crippen LogP contribution in [0.1, 0.15) is 30.1 Å². The predicted molar refractivity (Wildman–Crippen MR) is 108 cm³/mol. The average Bonchev–Trinajstić information content (AvgIpc) is 2.73. The van der Waals surface area contributed by atoms with E-state index in [0.717, 1.165) is 12.8 Å². The second-order valence-electron chi connectivity index (χ2n) is 5.98. The quantitative estimate of drug-likeness (QED) is 0.453. The number of ether oxygens (including phenoxy) is 2. The Labute approximate surface area is 173 Å². The summed E-state index contributed by atoms with van der Waals surface area (Å²) in [6.45, 7) is 1.84. The van der Waals surface area contributed by atoms with Gasteiger partial charge in [0, 0.05) is 11.8 Å². The lowest BCUT2D eigenvalue weighted by molar-refractivity contribution is -0.146. The summed E-state index contributed by atoms with van der Waals surface area (Å²) in [5.41, 5.74) is 0.382. The molecule has 2 rings (SSSR count). The van der Waals surface area contributed by atoms with Crippen molar-refractivity contribution in [3.8, 4) is 5.75 Å². The van der Waals surface area contributed by atoms with Crippen LogP contribution >= 0.6 is 11.6 Å². The summed E-state index contributed by atoms with van der Waals surface area (Å²) in [4.78, 5) is 39.4. The molecule has 0 aliphatic heterocycles. The van der Waals surface area contributed by atoms with Gasteiger partial charge in [0.05, 0.1) is 11.6 Å². The van der Waals surface area contributed by atoms with E-state index in [9.17, 15) is 14.4 Å². The van der Waals surface area contributed by atoms with E-state index in [-0.39, 0.29) is 12.4 Å². The predicted octanol–water partition coefficient (Wildman–Crippen LogP) is 2.83. The van der Waals surface area contributed by atoms with Gasteiger partial charge in [-0.25, -0.2) is 4.98 Å². The number of amides is 2. The van der Waals surface area contributed by atoms with Gasteiger partial charge >= 0.3 is 5.97 Å². The number of anilines is 1. The number of aromatic nitrogens is 1. The Morgan fingerprint density at radius 2 is 1.86 bits per heavy atom. The topological polar surface area (TPSA) is 107 Å². The molecular formula is C20H22ClN3O5. The molecule has 0 aliphatic rings. The summed E-state index contributed by atoms with van der Waals surface area (Å²) in [6, 6.07) is 9.68. The highest BCUT2D eigenvalue weighted by atomic mass is 35.5. The van der Waals surface area contributed by atoms with Crippen molar-refractivity contribution < 1.29 is 23.9 Å². The number of nitrogens with zero attached hydrogens (tertiary/aromatic N) is 1. The van der Waals surface area contributed by atoms with Crippen LogP contribution in [-0.2, 0) is 14.3 Å². The first kappa shape index (κ1) is 22.2. The molecule has 2 N–H and O–H groups in total. The Balaban J connectivity index is 1.69. The van der Waals surface area contributed by atoms with Gasteiger partial charge < -0.3 is 20.1 Å². The highest BCUT2D eigenvalue weighted by molar-refractivity contribution is 6.30. The fourth-order valence-corrected chi connectivity index (χ4v) is 2.23. The van der Waals surface area contributed by atoms with Gasteiger partial charge in [0.15, 0.2) is 6.61 Å². The molecule has 8 nitrogen and oxygen atoms in total. The number of hydrogen-bond donors (Lipinski definition) is 2. The Morgan fingerprint density at radius 1 is 1.10 bits per heavy atom. The molecule has 0 spiro atoms. The highest BCUT2D eigenvalue weighted by Gasteiger charge is 2.11. The largest absolute Gasteiger partial charge is 0.494 e. The van der Waals surface area contributed by atoms with Crippen LogP contribution in [0.3, 0.4) is 0 Å². The van der Waals surface area contributed by atoms with Crippen LogP contribution in [0.4, 0.5) is 5.82 Å². The van der Waals surface area contributed by atoms with E-state index in [0.29, 0.717) is 22.9 Å². The summed E-state index contributed by atoms with van der Waals surface area (Å²) in [6.07, 6.45) is 3.37. The van der Waals surface area contributed by atoms with Gasteiger partial charge in [0.1, 0.15) is 18.1 Å². The Morgan fingerprint density at radius 3 is 2.52 bits per heavy atom. The maximum Gasteiger partial charge on any atom is 0.325 e. The third kappa shape index (κ3) is 8.18. The molecular weight excluding hydrogens is 398 g/mol. The van der Waals surface area contributed by atoms with Crippen molar-refractivity contribution in [3.63, 3.8) is 0 Å². The second-order valence-corrected chi connectivity index (χ2v) is 6.42. The number of esters is 1. The lowest BCUT2D eigenvalue weighted by atomic mass is 10.2. The van der Waals surface area contributed by atoms with Gasteiger partial charge in [0.25, 0.3) is 11.8 Å². The lowest BCUT2D eigenvalue weighted by Crippen LogP contribution is -2.32. The van der Waals surface area contributed by atoms with Crippen LogP contribution in [0.2, 0.25) is 5.02 Å². The smallest absolute Gasteiger partial charge is 0.325 e. The van der Waals surface area contributed by atoms with Crippen molar-refractivity contribution in [1.29, 1.82) is 0 Å². The molecule has 1 aromatic heterocycles. The summed E-state index contributed by atoms with van der Waals surface area (Å²) in [7, 11) is 0. The number of rotatable bonds is 10. The minimum atomic E-state index is -0.739. The van der Waals surface area contributed by atoms with Crippen LogP contribution in [0.5, 0.6) is 5.75 Å². The number of benzene rings is 1. The van der Waals surface area contributed by atoms with Gasteiger partial charge in [-0.15, -0.1) is 0 Å². The molecule has 1 heterocycles. The van der Waals surface area contributed by atoms with Gasteiger partial charge in [-0.05, 0) is 42.8 Å². The molecule has 1 aromatic carbocycles. The van der Waals surface area contributed by atoms with E-state index in [1.807, 2.05) is 0 Å². The number of halogens is 1. The minimum Gasteiger partial charge on any atom is -0.494 e. The lowest BCUT2D eigenvalue weighted by Gasteiger charge is -2.08. The van der Waals surface area contributed by atoms with E-state index in [1.54, 1.807) is 30.3 Å². The van der Waals surface area contributed by atoms with Crippen LogP contribution in [-0.4, -0.2) is 42.5 Å². The highest BCUT2D eigenvalue weighted by Crippen LogP contribution is 2.13. The van der Waals surface area contributed by atoms with Crippen molar-refractivity contribution in [3.05, 3.63) is 53.2 Å². The Hall–Kier alpha value is -3.13. The van der Waals surface area contributed by atoms with Crippen LogP contribution in [0.25, 0.3) is 0 Å². The number of pyridine rings is 1. The average molecular weight is 420 g/mol. The van der Waals surface area contributed by atoms with E-state index in [1.165, 1.54) is 12.3 Å². The molecule has 2 aromatic rings. The molecule has 9 heteroatoms. The molecule has 0 saturated carbocycles. The zero-order valence-electron chi connectivity index (χ0n) is 15.9. The number of hydrogen-bond acceptors (Lipinski definition) is 6. The van der Waals surface area contributed by atoms with E-state index in [2.05, 4.69) is 22.5 Å². The van der Waals surface area contributed by atoms with Crippen molar-refractivity contribution in [2.75, 3.05) is 25.1 Å². The number of nitrogens with one attached hydrogen (secondary N) is 2. The molecule has 154 valence electrons. The Bertz CT molecular complexity index is 825. The summed E-state index contributed by atoms with van der Waals surface area (Å²) in [5.74, 6) is -0.770. The van der Waals surface area contributed by atoms with E-state index >= 15 is 0 Å². The van der Waals surface area contributed by atoms with Crippen LogP contribution in [0.15, 0.2) is 42.6 Å². The number of carbonyl (C=O) groups is 3. The van der Waals surface area contributed by atoms with Gasteiger partial charge in [-0.3, -0.25) is 14.4 Å². The SMILES string of the molecule is CCCCOc1ccc(C(=O)NCC(=O)OCC(=O)Nc2ccc(Cl)cn2)cc1. The first-order valence-corrected chi connectivity index (χ1v) is 9.44. The van der Waals surface area contributed by atoms with Crippen molar-refractivity contribution in [2.45, 2.75) is 19.8 Å². The van der Waals surface area contributed by atoms with Gasteiger partial charge in [-0.1, -0.05) is 24.9 Å². The third-order valence-electron chi connectivity index (χ3n) is 3.64. The molecule has 0 radical (unpaired) electrons. The van der Waals surface area contributed by atoms with E-state index < -0.39 is 24.4 Å². The molecule has 0 unspecified atom stereocenters. The fourth-order valence-electron chi connectivity index (χ4n) is 2.12. The van der Waals surface area contributed by atoms with E-state index in [4.69, 9.17) is 21.1 Å². The zero-order valence-corrected chi connectivity index (χ0v) is 16.7. The van der Waals surface area contributed by atoms with Crippen LogP contribution < -0.4 is 15.4 Å². The summed E-state index contributed by atoms with van der Waals surface area (Å²) in [5, 5.41) is 5.32. The minimum absolute atomic E-state index is 0.283. The molecule has 0 fully saturated rings. The maximum absolute atomic E-state index is 12.1. The maximum atomic E-state index is 12.1. The third-order valence-corrected chi connectivity index (χ3v) is 3.86. The summed E-state index contributed by atoms with van der Waals surface area (Å²) < 4.78 is 10.3. The fraction of sp³-hybridized carbons (Fsp3) is 0.300. The number of carbonyl (C=O) groups excluding carboxylic acids is 3. The zero-order chi connectivity index (χ0) is 21.1. The first-order chi connectivity index (χ1) is 14.0. The van der Waals surface area contributed by atoms with Crippen molar-refractivity contribution in [2.24, 2.45) is 0 Å². The second kappa shape index (κ2) is 11.7. The van der Waals surface area contributed by atoms with Gasteiger partial charge in [-0.2, -0.15) is 0 Å². The molecule has 0 saturated heterocycles. The monoisotopic (exact) mass is 419 g/mol. The summed E-state index contributed by atoms with van der Waals surface area (Å²) >= 11 is 5.70. The van der Waals surface area contributed by atoms with Crippen molar-refractivity contribution in [1.82, 2.24) is 10.3 Å². The molecule has 0 bridgehead atoms. The van der Waals surface area contributed by atoms with Crippen molar-refractivity contribution >= 4 is 35.2 Å². The Kier molecular flexibility index (Phi) is 8.91. The standard InChI is InChI=1S/C20H22ClN3O5/c1-2-3-10-28-16-7-4-14(5-8-16)20(27)23-12-19(26)29-13-18(25)24-17-9-6-15(21)11-22-17/h4-9,11H,2-3,10,12-13H2,1H3,(H,23,27)(H,22,24,25). The molecule has 0 atom stereocenters. The first-order valence-electron chi connectivity index (χ1n) is 9.06. The van der Waals surface area contributed by atoms with Gasteiger partial charge in [0.2, 0.25) is 0 Å².